The van der Waals surface area contributed by atoms with Crippen LogP contribution in [0.5, 0.6) is 11.5 Å². The number of rotatable bonds is 4. The molecule has 0 saturated heterocycles. The van der Waals surface area contributed by atoms with Crippen LogP contribution in [-0.2, 0) is 25.6 Å². The van der Waals surface area contributed by atoms with E-state index in [4.69, 9.17) is 4.74 Å². The van der Waals surface area contributed by atoms with Crippen molar-refractivity contribution >= 4 is 29.5 Å². The highest BCUT2D eigenvalue weighted by Gasteiger charge is 2.30. The molecule has 0 radical (unpaired) electrons. The lowest BCUT2D eigenvalue weighted by atomic mass is 10.0. The van der Waals surface area contributed by atoms with Crippen LogP contribution in [-0.4, -0.2) is 101 Å². The van der Waals surface area contributed by atoms with Crippen LogP contribution in [0.25, 0.3) is 0 Å². The molecule has 0 fully saturated rings. The second kappa shape index (κ2) is 18.4. The van der Waals surface area contributed by atoms with Crippen molar-refractivity contribution in [2.45, 2.75) is 71.1 Å². The van der Waals surface area contributed by atoms with E-state index in [9.17, 15) is 34.2 Å². The number of benzene rings is 1. The third-order valence-electron chi connectivity index (χ3n) is 7.39. The Labute approximate surface area is 274 Å². The number of amides is 5. The number of carbonyl (C=O) groups excluding carboxylic acids is 5. The molecule has 1 aliphatic heterocycles. The number of carbonyl (C=O) groups is 5. The minimum absolute atomic E-state index is 0.0378. The number of nitrogens with one attached hydrogen (secondary N) is 4. The number of hydrogen-bond acceptors (Lipinski definition) is 9. The van der Waals surface area contributed by atoms with E-state index in [0.717, 1.165) is 0 Å². The summed E-state index contributed by atoms with van der Waals surface area (Å²) in [5, 5.41) is 30.8. The molecule has 1 aromatic heterocycles. The van der Waals surface area contributed by atoms with Crippen molar-refractivity contribution in [2.24, 2.45) is 5.92 Å². The third kappa shape index (κ3) is 12.5. The predicted molar refractivity (Wildman–Crippen MR) is 172 cm³/mol. The molecule has 3 atom stereocenters. The fourth-order valence-electron chi connectivity index (χ4n) is 4.97. The van der Waals surface area contributed by atoms with Gasteiger partial charge < -0.3 is 41.1 Å². The largest absolute Gasteiger partial charge is 0.506 e. The monoisotopic (exact) mass is 654 g/mol. The van der Waals surface area contributed by atoms with Crippen molar-refractivity contribution in [3.05, 3.63) is 53.9 Å². The second-order valence-electron chi connectivity index (χ2n) is 12.0. The van der Waals surface area contributed by atoms with E-state index in [1.807, 2.05) is 13.8 Å². The molecule has 0 spiro atoms. The second-order valence-corrected chi connectivity index (χ2v) is 12.0. The number of nitrogens with zero attached hydrogens (tertiary/aromatic N) is 2. The topological polar surface area (TPSA) is 199 Å². The smallest absolute Gasteiger partial charge is 0.272 e. The quantitative estimate of drug-likeness (QED) is 0.274. The first-order valence-electron chi connectivity index (χ1n) is 15.9. The lowest BCUT2D eigenvalue weighted by Crippen LogP contribution is -2.57. The lowest BCUT2D eigenvalue weighted by Gasteiger charge is -2.26. The number of aromatic nitrogens is 1. The van der Waals surface area contributed by atoms with Crippen LogP contribution in [0.4, 0.5) is 0 Å². The first-order chi connectivity index (χ1) is 22.4. The number of pyridine rings is 1. The molecular weight excluding hydrogens is 608 g/mol. The Morgan fingerprint density at radius 2 is 1.70 bits per heavy atom. The number of ether oxygens (including phenoxy) is 1. The highest BCUT2D eigenvalue weighted by atomic mass is 16.5. The molecule has 14 heteroatoms. The minimum atomic E-state index is -1.25. The number of aliphatic hydroxyl groups is 1. The SMILES string of the molecule is CC(C)C[C@H]1NC(=O)Cc2cccc(c2)OCC(=O)NCCCN(C(=O)c2ccc(O)cn2)CCCCNC(=O)[C@H]([C@@H](C)O)NC1=O. The van der Waals surface area contributed by atoms with Crippen molar-refractivity contribution in [1.82, 2.24) is 31.2 Å². The van der Waals surface area contributed by atoms with Gasteiger partial charge in [-0.05, 0) is 68.4 Å². The molecule has 3 rings (SSSR count). The molecule has 0 aliphatic carbocycles. The van der Waals surface area contributed by atoms with Gasteiger partial charge in [0.2, 0.25) is 17.7 Å². The molecule has 1 aliphatic rings. The standard InChI is InChI=1S/C33H46N6O8/c1-21(2)16-27-31(44)38-30(22(3)40)32(45)35-12-4-5-14-39(33(46)26-11-10-24(41)19-36-26)15-7-13-34-29(43)20-47-25-9-6-8-23(17-25)18-28(42)37-27/h6,8-11,17,19,21-22,27,30,40-41H,4-5,7,12-16,18,20H2,1-3H3,(H,34,43)(H,35,45)(H,37,42)(H,38,44)/t22-,27-,30+/m1/s1. The molecule has 256 valence electrons. The maximum absolute atomic E-state index is 13.3. The van der Waals surface area contributed by atoms with Crippen LogP contribution < -0.4 is 26.0 Å². The molecule has 0 saturated carbocycles. The van der Waals surface area contributed by atoms with E-state index in [1.54, 1.807) is 29.2 Å². The Bertz CT molecular complexity index is 1370. The summed E-state index contributed by atoms with van der Waals surface area (Å²) in [6.45, 7) is 6.10. The van der Waals surface area contributed by atoms with Crippen LogP contribution in [0.3, 0.4) is 0 Å². The molecule has 5 amide bonds. The van der Waals surface area contributed by atoms with Crippen LogP contribution in [0.15, 0.2) is 42.6 Å². The summed E-state index contributed by atoms with van der Waals surface area (Å²) in [6.07, 6.45) is 1.68. The van der Waals surface area contributed by atoms with Crippen LogP contribution >= 0.6 is 0 Å². The maximum Gasteiger partial charge on any atom is 0.272 e. The number of aliphatic hydroxyl groups excluding tert-OH is 1. The van der Waals surface area contributed by atoms with Crippen molar-refractivity contribution in [1.29, 1.82) is 0 Å². The minimum Gasteiger partial charge on any atom is -0.506 e. The van der Waals surface area contributed by atoms with Gasteiger partial charge in [-0.3, -0.25) is 24.0 Å². The Morgan fingerprint density at radius 3 is 2.40 bits per heavy atom. The zero-order chi connectivity index (χ0) is 34.3. The van der Waals surface area contributed by atoms with Crippen molar-refractivity contribution < 1.29 is 38.9 Å². The predicted octanol–water partition coefficient (Wildman–Crippen LogP) is 0.664. The van der Waals surface area contributed by atoms with Gasteiger partial charge in [-0.2, -0.15) is 0 Å². The average Bonchev–Trinajstić information content (AvgIpc) is 3.02. The molecule has 14 nitrogen and oxygen atoms in total. The van der Waals surface area contributed by atoms with E-state index in [-0.39, 0.29) is 55.3 Å². The first-order valence-corrected chi connectivity index (χ1v) is 15.9. The zero-order valence-electron chi connectivity index (χ0n) is 27.2. The number of fused-ring (bicyclic) bond motifs is 2. The summed E-state index contributed by atoms with van der Waals surface area (Å²) in [5.74, 6) is -1.92. The van der Waals surface area contributed by atoms with Crippen molar-refractivity contribution in [3.63, 3.8) is 0 Å². The maximum atomic E-state index is 13.3. The molecule has 0 unspecified atom stereocenters. The Kier molecular flexibility index (Phi) is 14.4. The van der Waals surface area contributed by atoms with E-state index < -0.39 is 35.9 Å². The Morgan fingerprint density at radius 1 is 0.957 bits per heavy atom. The molecular formula is C33H46N6O8. The van der Waals surface area contributed by atoms with Gasteiger partial charge in [0, 0.05) is 26.2 Å². The van der Waals surface area contributed by atoms with Gasteiger partial charge in [-0.25, -0.2) is 4.98 Å². The highest BCUT2D eigenvalue weighted by Crippen LogP contribution is 2.15. The molecule has 6 N–H and O–H groups in total. The molecule has 47 heavy (non-hydrogen) atoms. The van der Waals surface area contributed by atoms with Crippen molar-refractivity contribution in [3.8, 4) is 11.5 Å². The third-order valence-corrected chi connectivity index (χ3v) is 7.39. The van der Waals surface area contributed by atoms with E-state index in [0.29, 0.717) is 50.1 Å². The summed E-state index contributed by atoms with van der Waals surface area (Å²) in [4.78, 5) is 70.5. The fourth-order valence-corrected chi connectivity index (χ4v) is 4.97. The van der Waals surface area contributed by atoms with E-state index >= 15 is 0 Å². The van der Waals surface area contributed by atoms with Gasteiger partial charge in [0.1, 0.15) is 29.3 Å². The van der Waals surface area contributed by atoms with Crippen LogP contribution in [0.1, 0.15) is 62.5 Å². The van der Waals surface area contributed by atoms with Crippen molar-refractivity contribution in [2.75, 3.05) is 32.8 Å². The summed E-state index contributed by atoms with van der Waals surface area (Å²) in [7, 11) is 0. The molecule has 1 aromatic carbocycles. The van der Waals surface area contributed by atoms with Gasteiger partial charge in [-0.15, -0.1) is 0 Å². The normalized spacial score (nSPS) is 20.5. The lowest BCUT2D eigenvalue weighted by molar-refractivity contribution is -0.134. The van der Waals surface area contributed by atoms with Gasteiger partial charge in [0.15, 0.2) is 6.61 Å². The number of hydrogen-bond donors (Lipinski definition) is 6. The Hall–Kier alpha value is -4.72. The summed E-state index contributed by atoms with van der Waals surface area (Å²) in [6, 6.07) is 7.33. The van der Waals surface area contributed by atoms with Crippen LogP contribution in [0.2, 0.25) is 0 Å². The summed E-state index contributed by atoms with van der Waals surface area (Å²) in [5.41, 5.74) is 0.763. The van der Waals surface area contributed by atoms with Gasteiger partial charge in [0.05, 0.1) is 18.7 Å². The molecule has 2 heterocycles. The Balaban J connectivity index is 1.77. The fraction of sp³-hybridized carbons (Fsp3) is 0.515. The van der Waals surface area contributed by atoms with Gasteiger partial charge >= 0.3 is 0 Å². The first kappa shape index (κ1) is 36.7. The summed E-state index contributed by atoms with van der Waals surface area (Å²) >= 11 is 0. The summed E-state index contributed by atoms with van der Waals surface area (Å²) < 4.78 is 5.63. The molecule has 2 aromatic rings. The van der Waals surface area contributed by atoms with Crippen LogP contribution in [0, 0.1) is 5.92 Å². The average molecular weight is 655 g/mol. The molecule has 2 bridgehead atoms. The zero-order valence-corrected chi connectivity index (χ0v) is 27.2. The van der Waals surface area contributed by atoms with E-state index in [2.05, 4.69) is 26.3 Å². The van der Waals surface area contributed by atoms with Gasteiger partial charge in [0.25, 0.3) is 11.8 Å². The van der Waals surface area contributed by atoms with Gasteiger partial charge in [-0.1, -0.05) is 26.0 Å². The number of aromatic hydroxyl groups is 1. The van der Waals surface area contributed by atoms with E-state index in [1.165, 1.54) is 25.3 Å². The highest BCUT2D eigenvalue weighted by molar-refractivity contribution is 5.93.